The van der Waals surface area contributed by atoms with Crippen LogP contribution in [0.25, 0.3) is 0 Å². The molecule has 37 heavy (non-hydrogen) atoms. The summed E-state index contributed by atoms with van der Waals surface area (Å²) in [4.78, 5) is 30.1. The highest BCUT2D eigenvalue weighted by Gasteiger charge is 2.32. The number of hydrogen-bond donors (Lipinski definition) is 3. The number of nitro benzene ring substituents is 3. The van der Waals surface area contributed by atoms with Crippen molar-refractivity contribution < 1.29 is 40.7 Å². The molecule has 0 saturated carbocycles. The molecule has 0 aliphatic carbocycles. The minimum absolute atomic E-state index is 0.0334. The number of nitro groups is 3. The van der Waals surface area contributed by atoms with Gasteiger partial charge in [0, 0.05) is 0 Å². The van der Waals surface area contributed by atoms with Crippen LogP contribution in [-0.4, -0.2) is 40.7 Å². The van der Waals surface area contributed by atoms with Crippen molar-refractivity contribution in [1.29, 1.82) is 0 Å². The second kappa shape index (κ2) is 9.73. The molecular weight excluding hydrogens is 542 g/mol. The van der Waals surface area contributed by atoms with E-state index in [0.29, 0.717) is 12.1 Å². The first-order valence-electron chi connectivity index (χ1n) is 9.42. The van der Waals surface area contributed by atoms with Crippen LogP contribution in [-0.2, 0) is 20.2 Å². The van der Waals surface area contributed by atoms with Crippen molar-refractivity contribution in [2.75, 3.05) is 10.4 Å². The molecular formula is C18H13N5O12S2. The molecule has 0 aliphatic heterocycles. The zero-order valence-electron chi connectivity index (χ0n) is 17.9. The number of nitrogens with zero attached hydrogens (tertiary/aromatic N) is 4. The second-order valence-corrected chi connectivity index (χ2v) is 9.86. The Hall–Kier alpha value is -4.72. The fourth-order valence-electron chi connectivity index (χ4n) is 3.03. The standard InChI is InChI=1S/C18H13N5O12S2/c24-21(25)13-9-16(22(26)27)18(17(10-13)23(28)29)19-20(11-1-5-14(6-2-11)36(30,31)32)12-3-7-15(8-4-12)37(33,34)35/h1-10,19H,(H,30,31,32)(H,33,34,35). The summed E-state index contributed by atoms with van der Waals surface area (Å²) in [7, 11) is -9.23. The van der Waals surface area contributed by atoms with Crippen LogP contribution in [0.4, 0.5) is 34.1 Å². The van der Waals surface area contributed by atoms with Crippen LogP contribution in [0, 0.1) is 30.3 Å². The highest BCUT2D eigenvalue weighted by Crippen LogP contribution is 2.40. The summed E-state index contributed by atoms with van der Waals surface area (Å²) in [5.74, 6) is 0. The minimum Gasteiger partial charge on any atom is -0.282 e. The van der Waals surface area contributed by atoms with E-state index in [4.69, 9.17) is 0 Å². The predicted molar refractivity (Wildman–Crippen MR) is 125 cm³/mol. The van der Waals surface area contributed by atoms with Crippen LogP contribution in [0.1, 0.15) is 0 Å². The second-order valence-electron chi connectivity index (χ2n) is 7.02. The van der Waals surface area contributed by atoms with Crippen LogP contribution in [0.3, 0.4) is 0 Å². The molecule has 0 spiro atoms. The van der Waals surface area contributed by atoms with E-state index in [1.54, 1.807) is 0 Å². The van der Waals surface area contributed by atoms with Crippen molar-refractivity contribution in [1.82, 2.24) is 0 Å². The smallest absolute Gasteiger partial charge is 0.282 e. The van der Waals surface area contributed by atoms with E-state index in [2.05, 4.69) is 5.43 Å². The fraction of sp³-hybridized carbons (Fsp3) is 0. The molecule has 19 heteroatoms. The van der Waals surface area contributed by atoms with Gasteiger partial charge < -0.3 is 0 Å². The third kappa shape index (κ3) is 5.92. The molecule has 3 aromatic carbocycles. The summed E-state index contributed by atoms with van der Waals surface area (Å²) in [5.41, 5.74) is -1.54. The van der Waals surface area contributed by atoms with Gasteiger partial charge in [0.1, 0.15) is 0 Å². The van der Waals surface area contributed by atoms with E-state index in [0.717, 1.165) is 53.5 Å². The van der Waals surface area contributed by atoms with Crippen molar-refractivity contribution in [2.45, 2.75) is 9.79 Å². The van der Waals surface area contributed by atoms with E-state index in [1.807, 2.05) is 0 Å². The Morgan fingerprint density at radius 1 is 0.649 bits per heavy atom. The van der Waals surface area contributed by atoms with Gasteiger partial charge in [-0.15, -0.1) is 0 Å². The summed E-state index contributed by atoms with van der Waals surface area (Å²) in [6.07, 6.45) is 0. The molecule has 194 valence electrons. The Bertz CT molecular complexity index is 1510. The molecule has 0 unspecified atom stereocenters. The van der Waals surface area contributed by atoms with Gasteiger partial charge in [-0.25, -0.2) is 0 Å². The molecule has 3 N–H and O–H groups in total. The zero-order valence-corrected chi connectivity index (χ0v) is 19.5. The van der Waals surface area contributed by atoms with Gasteiger partial charge >= 0.3 is 11.4 Å². The average Bonchev–Trinajstić information content (AvgIpc) is 2.81. The summed E-state index contributed by atoms with van der Waals surface area (Å²) < 4.78 is 63.9. The zero-order chi connectivity index (χ0) is 27.7. The molecule has 0 atom stereocenters. The normalized spacial score (nSPS) is 11.5. The molecule has 17 nitrogen and oxygen atoms in total. The monoisotopic (exact) mass is 555 g/mol. The lowest BCUT2D eigenvalue weighted by Crippen LogP contribution is -2.26. The lowest BCUT2D eigenvalue weighted by molar-refractivity contribution is -0.401. The minimum atomic E-state index is -4.62. The molecule has 3 aromatic rings. The third-order valence-electron chi connectivity index (χ3n) is 4.69. The number of hydrazine groups is 1. The Morgan fingerprint density at radius 3 is 1.27 bits per heavy atom. The van der Waals surface area contributed by atoms with E-state index < -0.39 is 67.5 Å². The quantitative estimate of drug-likeness (QED) is 0.195. The highest BCUT2D eigenvalue weighted by atomic mass is 32.2. The molecule has 0 fully saturated rings. The summed E-state index contributed by atoms with van der Waals surface area (Å²) in [6.45, 7) is 0. The van der Waals surface area contributed by atoms with Gasteiger partial charge in [0.2, 0.25) is 5.69 Å². The highest BCUT2D eigenvalue weighted by molar-refractivity contribution is 7.86. The van der Waals surface area contributed by atoms with Gasteiger partial charge in [0.15, 0.2) is 0 Å². The summed E-state index contributed by atoms with van der Waals surface area (Å²) >= 11 is 0. The number of benzene rings is 3. The molecule has 3 rings (SSSR count). The third-order valence-corrected chi connectivity index (χ3v) is 6.43. The number of anilines is 3. The fourth-order valence-corrected chi connectivity index (χ4v) is 3.99. The van der Waals surface area contributed by atoms with Crippen molar-refractivity contribution in [3.63, 3.8) is 0 Å². The van der Waals surface area contributed by atoms with Crippen molar-refractivity contribution in [3.8, 4) is 0 Å². The number of non-ortho nitro benzene ring substituents is 1. The number of hydrogen-bond acceptors (Lipinski definition) is 12. The van der Waals surface area contributed by atoms with Crippen molar-refractivity contribution in [2.24, 2.45) is 0 Å². The molecule has 0 aliphatic rings. The van der Waals surface area contributed by atoms with Gasteiger partial charge in [0.25, 0.3) is 25.9 Å². The lowest BCUT2D eigenvalue weighted by Gasteiger charge is -2.26. The largest absolute Gasteiger partial charge is 0.308 e. The van der Waals surface area contributed by atoms with Gasteiger partial charge in [-0.1, -0.05) is 0 Å². The molecule has 0 saturated heterocycles. The average molecular weight is 555 g/mol. The van der Waals surface area contributed by atoms with Gasteiger partial charge in [0.05, 0.1) is 48.1 Å². The molecule has 0 heterocycles. The van der Waals surface area contributed by atoms with Crippen LogP contribution in [0.15, 0.2) is 70.5 Å². The Kier molecular flexibility index (Phi) is 7.07. The Balaban J connectivity index is 2.25. The first-order valence-corrected chi connectivity index (χ1v) is 12.3. The first kappa shape index (κ1) is 26.9. The first-order chi connectivity index (χ1) is 17.1. The van der Waals surface area contributed by atoms with E-state index in [-0.39, 0.29) is 11.4 Å². The molecule has 0 amide bonds. The van der Waals surface area contributed by atoms with E-state index in [1.165, 1.54) is 0 Å². The Morgan fingerprint density at radius 2 is 1.00 bits per heavy atom. The summed E-state index contributed by atoms with van der Waals surface area (Å²) in [5, 5.41) is 35.4. The van der Waals surface area contributed by atoms with Crippen LogP contribution in [0.2, 0.25) is 0 Å². The van der Waals surface area contributed by atoms with Gasteiger partial charge in [-0.3, -0.25) is 49.9 Å². The van der Waals surface area contributed by atoms with Gasteiger partial charge in [-0.05, 0) is 48.5 Å². The number of rotatable bonds is 9. The van der Waals surface area contributed by atoms with Crippen LogP contribution >= 0.6 is 0 Å². The topological polar surface area (TPSA) is 253 Å². The van der Waals surface area contributed by atoms with Gasteiger partial charge in [-0.2, -0.15) is 16.8 Å². The maximum Gasteiger partial charge on any atom is 0.308 e. The maximum absolute atomic E-state index is 11.6. The predicted octanol–water partition coefficient (Wildman–Crippen LogP) is 3.07. The van der Waals surface area contributed by atoms with E-state index in [9.17, 15) is 56.3 Å². The van der Waals surface area contributed by atoms with E-state index >= 15 is 0 Å². The molecule has 0 bridgehead atoms. The molecule has 0 radical (unpaired) electrons. The molecule has 0 aromatic heterocycles. The van der Waals surface area contributed by atoms with Crippen LogP contribution < -0.4 is 10.4 Å². The summed E-state index contributed by atoms with van der Waals surface area (Å²) in [6, 6.07) is 9.08. The lowest BCUT2D eigenvalue weighted by atomic mass is 10.2. The SMILES string of the molecule is O=[N+]([O-])c1cc([N+](=O)[O-])c(NN(c2ccc(S(=O)(=O)O)cc2)c2ccc(S(=O)(=O)O)cc2)c([N+](=O)[O-])c1. The van der Waals surface area contributed by atoms with Crippen molar-refractivity contribution in [3.05, 3.63) is 91.0 Å². The van der Waals surface area contributed by atoms with Crippen molar-refractivity contribution >= 4 is 54.4 Å². The maximum atomic E-state index is 11.6. The Labute approximate surface area is 206 Å². The number of nitrogens with one attached hydrogen (secondary N) is 1. The van der Waals surface area contributed by atoms with Crippen LogP contribution in [0.5, 0.6) is 0 Å².